The molecule has 2 aliphatic rings. The van der Waals surface area contributed by atoms with E-state index in [1.165, 1.54) is 44.9 Å². The Morgan fingerprint density at radius 3 is 2.19 bits per heavy atom. The summed E-state index contributed by atoms with van der Waals surface area (Å²) in [6.07, 6.45) is 14.6. The van der Waals surface area contributed by atoms with Crippen LogP contribution in [0, 0.1) is 5.92 Å². The predicted octanol–water partition coefficient (Wildman–Crippen LogP) is 6.06. The number of allylic oxidation sites excluding steroid dienone is 1. The molecule has 0 bridgehead atoms. The molecule has 0 aromatic heterocycles. The lowest BCUT2D eigenvalue weighted by molar-refractivity contribution is -0.135. The Hall–Kier alpha value is -0.880. The molecule has 2 heterocycles. The predicted molar refractivity (Wildman–Crippen MR) is 119 cm³/mol. The minimum atomic E-state index is -3.66. The molecule has 1 saturated heterocycles. The van der Waals surface area contributed by atoms with E-state index in [-0.39, 0.29) is 31.0 Å². The summed E-state index contributed by atoms with van der Waals surface area (Å²) in [6.45, 7) is 4.30. The van der Waals surface area contributed by atoms with Crippen LogP contribution in [0.1, 0.15) is 97.3 Å². The number of carbonyl (C=O) groups is 1. The van der Waals surface area contributed by atoms with E-state index in [4.69, 9.17) is 18.3 Å². The van der Waals surface area contributed by atoms with Gasteiger partial charge in [0.2, 0.25) is 0 Å². The van der Waals surface area contributed by atoms with Crippen molar-refractivity contribution >= 4 is 13.8 Å². The topological polar surface area (TPSA) is 91.3 Å². The van der Waals surface area contributed by atoms with Gasteiger partial charge in [-0.15, -0.1) is 0 Å². The highest BCUT2D eigenvalue weighted by atomic mass is 31.2. The fraction of sp³-hybridized carbons (Fsp3) is 0.870. The van der Waals surface area contributed by atoms with Crippen LogP contribution in [0.3, 0.4) is 0 Å². The molecule has 31 heavy (non-hydrogen) atoms. The molecule has 0 saturated carbocycles. The second-order valence-electron chi connectivity index (χ2n) is 8.67. The smallest absolute Gasteiger partial charge is 0.461 e. The Morgan fingerprint density at radius 1 is 1.00 bits per heavy atom. The number of unbranched alkanes of at least 4 members (excludes halogenated alkanes) is 10. The third-order valence-corrected chi connectivity index (χ3v) is 7.47. The number of ether oxygens (including phenoxy) is 1. The number of rotatable bonds is 16. The molecule has 7 nitrogen and oxygen atoms in total. The summed E-state index contributed by atoms with van der Waals surface area (Å²) >= 11 is 0. The highest BCUT2D eigenvalue weighted by Gasteiger charge is 2.42. The lowest BCUT2D eigenvalue weighted by atomic mass is 10.0. The third kappa shape index (κ3) is 9.65. The van der Waals surface area contributed by atoms with Crippen LogP contribution < -0.4 is 0 Å². The molecule has 1 N–H and O–H groups in total. The zero-order valence-corrected chi connectivity index (χ0v) is 20.2. The highest BCUT2D eigenvalue weighted by molar-refractivity contribution is 7.48. The van der Waals surface area contributed by atoms with Gasteiger partial charge in [0.05, 0.1) is 30.8 Å². The van der Waals surface area contributed by atoms with Gasteiger partial charge >= 0.3 is 13.8 Å². The van der Waals surface area contributed by atoms with Crippen molar-refractivity contribution in [2.75, 3.05) is 19.8 Å². The molecule has 3 atom stereocenters. The highest BCUT2D eigenvalue weighted by Crippen LogP contribution is 2.54. The first-order valence-electron chi connectivity index (χ1n) is 12.1. The van der Waals surface area contributed by atoms with Gasteiger partial charge in [-0.1, -0.05) is 71.1 Å². The maximum absolute atomic E-state index is 12.7. The molecule has 0 aromatic carbocycles. The maximum atomic E-state index is 12.7. The van der Waals surface area contributed by atoms with E-state index >= 15 is 0 Å². The fourth-order valence-electron chi connectivity index (χ4n) is 4.01. The minimum absolute atomic E-state index is 0.108. The van der Waals surface area contributed by atoms with Crippen LogP contribution in [-0.4, -0.2) is 37.0 Å². The van der Waals surface area contributed by atoms with Crippen molar-refractivity contribution in [3.8, 4) is 0 Å². The van der Waals surface area contributed by atoms with Crippen LogP contribution in [0.5, 0.6) is 0 Å². The molecule has 0 spiro atoms. The van der Waals surface area contributed by atoms with Crippen LogP contribution >= 0.6 is 7.82 Å². The molecule has 0 aromatic rings. The van der Waals surface area contributed by atoms with Crippen molar-refractivity contribution in [3.63, 3.8) is 0 Å². The van der Waals surface area contributed by atoms with Gasteiger partial charge in [0.1, 0.15) is 12.4 Å². The average Bonchev–Trinajstić information content (AvgIpc) is 3.06. The van der Waals surface area contributed by atoms with E-state index < -0.39 is 13.8 Å². The second kappa shape index (κ2) is 14.3. The summed E-state index contributed by atoms with van der Waals surface area (Å²) in [5.41, 5.74) is 0.414. The van der Waals surface area contributed by atoms with Crippen molar-refractivity contribution in [2.45, 2.75) is 103 Å². The Labute approximate surface area is 187 Å². The molecular formula is C23H41O7P. The first kappa shape index (κ1) is 26.4. The van der Waals surface area contributed by atoms with Gasteiger partial charge in [0.15, 0.2) is 0 Å². The number of esters is 1. The second-order valence-corrected chi connectivity index (χ2v) is 10.3. The number of hydrogen-bond donors (Lipinski definition) is 1. The van der Waals surface area contributed by atoms with Crippen molar-refractivity contribution in [1.29, 1.82) is 0 Å². The molecule has 0 amide bonds. The number of hydrogen-bond acceptors (Lipinski definition) is 7. The Balaban J connectivity index is 1.44. The van der Waals surface area contributed by atoms with E-state index in [9.17, 15) is 14.5 Å². The molecule has 2 aliphatic heterocycles. The summed E-state index contributed by atoms with van der Waals surface area (Å²) in [7, 11) is -3.66. The zero-order chi connectivity index (χ0) is 22.5. The third-order valence-electron chi connectivity index (χ3n) is 6.01. The van der Waals surface area contributed by atoms with Crippen LogP contribution in [0.4, 0.5) is 0 Å². The molecule has 8 heteroatoms. The van der Waals surface area contributed by atoms with Gasteiger partial charge in [0, 0.05) is 0 Å². The van der Waals surface area contributed by atoms with Gasteiger partial charge in [0.25, 0.3) is 0 Å². The lowest BCUT2D eigenvalue weighted by Gasteiger charge is -2.17. The largest absolute Gasteiger partial charge is 0.529 e. The van der Waals surface area contributed by atoms with Crippen molar-refractivity contribution in [1.82, 2.24) is 0 Å². The monoisotopic (exact) mass is 460 g/mol. The molecular weight excluding hydrogens is 419 g/mol. The van der Waals surface area contributed by atoms with Gasteiger partial charge in [-0.2, -0.15) is 0 Å². The SMILES string of the molecule is CCC(O)CCCCCCCCCCCCCOP1(=O)OCC2COC(=O)C2=C(C)O1. The molecule has 2 rings (SSSR count). The number of carbonyl (C=O) groups excluding carboxylic acids is 1. The Bertz CT molecular complexity index is 619. The number of cyclic esters (lactones) is 1. The number of phosphoric ester groups is 1. The van der Waals surface area contributed by atoms with Crippen molar-refractivity contribution in [2.24, 2.45) is 5.92 Å². The maximum Gasteiger partial charge on any atom is 0.529 e. The normalized spacial score (nSPS) is 24.5. The lowest BCUT2D eigenvalue weighted by Crippen LogP contribution is -2.10. The average molecular weight is 461 g/mol. The van der Waals surface area contributed by atoms with Crippen molar-refractivity contribution in [3.05, 3.63) is 11.3 Å². The fourth-order valence-corrected chi connectivity index (χ4v) is 5.34. The molecule has 3 unspecified atom stereocenters. The summed E-state index contributed by atoms with van der Waals surface area (Å²) in [5.74, 6) is -0.376. The molecule has 0 aliphatic carbocycles. The quantitative estimate of drug-likeness (QED) is 0.170. The van der Waals surface area contributed by atoms with Gasteiger partial charge in [-0.3, -0.25) is 9.05 Å². The van der Waals surface area contributed by atoms with Gasteiger partial charge in [-0.05, 0) is 26.2 Å². The summed E-state index contributed by atoms with van der Waals surface area (Å²) in [5, 5.41) is 9.52. The first-order valence-corrected chi connectivity index (χ1v) is 13.6. The minimum Gasteiger partial charge on any atom is -0.461 e. The summed E-state index contributed by atoms with van der Waals surface area (Å²) in [6, 6.07) is 0. The number of aliphatic hydroxyl groups excluding tert-OH is 1. The van der Waals surface area contributed by atoms with E-state index in [0.29, 0.717) is 12.2 Å². The molecule has 1 fully saturated rings. The summed E-state index contributed by atoms with van der Waals surface area (Å²) < 4.78 is 33.9. The van der Waals surface area contributed by atoms with Crippen LogP contribution in [-0.2, 0) is 27.7 Å². The van der Waals surface area contributed by atoms with E-state index in [1.54, 1.807) is 6.92 Å². The van der Waals surface area contributed by atoms with Crippen LogP contribution in [0.2, 0.25) is 0 Å². The summed E-state index contributed by atoms with van der Waals surface area (Å²) in [4.78, 5) is 11.7. The van der Waals surface area contributed by atoms with Crippen LogP contribution in [0.15, 0.2) is 11.3 Å². The van der Waals surface area contributed by atoms with E-state index in [1.807, 2.05) is 6.92 Å². The number of phosphoric acid groups is 1. The van der Waals surface area contributed by atoms with Gasteiger partial charge < -0.3 is 14.4 Å². The van der Waals surface area contributed by atoms with Gasteiger partial charge in [-0.25, -0.2) is 9.36 Å². The molecule has 0 radical (unpaired) electrons. The number of fused-ring (bicyclic) bond motifs is 1. The van der Waals surface area contributed by atoms with E-state index in [0.717, 1.165) is 38.5 Å². The number of aliphatic hydroxyl groups is 1. The van der Waals surface area contributed by atoms with E-state index in [2.05, 4.69) is 0 Å². The Morgan fingerprint density at radius 2 is 1.58 bits per heavy atom. The molecule has 180 valence electrons. The van der Waals surface area contributed by atoms with Crippen LogP contribution in [0.25, 0.3) is 0 Å². The zero-order valence-electron chi connectivity index (χ0n) is 19.3. The Kier molecular flexibility index (Phi) is 12.2. The first-order chi connectivity index (χ1) is 14.9. The standard InChI is InChI=1S/C23H41O7P/c1-3-21(24)15-13-11-9-7-5-4-6-8-10-12-14-16-28-31(26)29-18-20-17-27-23(25)22(20)19(2)30-31/h20-21,24H,3-18H2,1-2H3. The van der Waals surface area contributed by atoms with Crippen molar-refractivity contribution < 1.29 is 32.8 Å².